The quantitative estimate of drug-likeness (QED) is 0.0583. The molecule has 0 saturated carbocycles. The van der Waals surface area contributed by atoms with Crippen molar-refractivity contribution >= 4 is 35.2 Å². The standard InChI is InChI=1S/C47H83N5O13/c1-36(2)9-14-43(54)49-17-19-59-21-23-61-25-27-63-29-31-65-33-32-64-30-28-62-26-24-60-22-20-58-18-15-44(55)52-45(38(5)6)42(53)35-40(8-7-16-50-47(48)57)46(56)51-41-12-10-39(11-13-41)34-37(3)4/h10-13,36-38,40,45H,7-9,14-35H2,1-6H3,(H,49,54)(H,51,56)(H,52,55)(H3,48,50,57)/t40-,45+/m1/s1. The van der Waals surface area contributed by atoms with E-state index in [4.69, 9.17) is 43.6 Å². The van der Waals surface area contributed by atoms with Gasteiger partial charge in [-0.25, -0.2) is 4.79 Å². The highest BCUT2D eigenvalue weighted by Crippen LogP contribution is 2.20. The van der Waals surface area contributed by atoms with Crippen LogP contribution in [0.15, 0.2) is 24.3 Å². The van der Waals surface area contributed by atoms with E-state index in [1.54, 1.807) is 0 Å². The lowest BCUT2D eigenvalue weighted by Gasteiger charge is -2.24. The molecule has 0 radical (unpaired) electrons. The Kier molecular flexibility index (Phi) is 35.9. The Balaban J connectivity index is 2.09. The summed E-state index contributed by atoms with van der Waals surface area (Å²) in [5, 5.41) is 11.1. The van der Waals surface area contributed by atoms with Crippen LogP contribution in [0.3, 0.4) is 0 Å². The minimum Gasteiger partial charge on any atom is -0.379 e. The lowest BCUT2D eigenvalue weighted by atomic mass is 9.89. The summed E-state index contributed by atoms with van der Waals surface area (Å²) in [4.78, 5) is 62.5. The van der Waals surface area contributed by atoms with Gasteiger partial charge in [0.25, 0.3) is 0 Å². The van der Waals surface area contributed by atoms with Crippen molar-refractivity contribution < 1.29 is 61.9 Å². The average molecular weight is 926 g/mol. The van der Waals surface area contributed by atoms with Gasteiger partial charge in [-0.05, 0) is 61.1 Å². The van der Waals surface area contributed by atoms with Gasteiger partial charge in [-0.15, -0.1) is 0 Å². The SMILES string of the molecule is CC(C)CCC(=O)NCCOCCOCCOCCOCCOCCOCCOCCOCCC(=O)N[C@H](C(=O)C[C@@H](CCCNC(N)=O)C(=O)Nc1ccc(CC(C)C)cc1)C(C)C. The molecule has 0 aliphatic carbocycles. The maximum absolute atomic E-state index is 13.5. The first-order valence-corrected chi connectivity index (χ1v) is 23.4. The van der Waals surface area contributed by atoms with Gasteiger partial charge in [-0.1, -0.05) is 53.7 Å². The second-order valence-electron chi connectivity index (χ2n) is 16.8. The molecular weight excluding hydrogens is 843 g/mol. The highest BCUT2D eigenvalue weighted by molar-refractivity contribution is 5.97. The van der Waals surface area contributed by atoms with Crippen molar-refractivity contribution in [1.29, 1.82) is 0 Å². The molecule has 5 amide bonds. The van der Waals surface area contributed by atoms with Crippen LogP contribution < -0.4 is 27.0 Å². The summed E-state index contributed by atoms with van der Waals surface area (Å²) in [6, 6.07) is 6.22. The summed E-state index contributed by atoms with van der Waals surface area (Å²) in [5.41, 5.74) is 6.99. The van der Waals surface area contributed by atoms with E-state index in [0.717, 1.165) is 12.8 Å². The van der Waals surface area contributed by atoms with Gasteiger partial charge in [0.05, 0.1) is 112 Å². The van der Waals surface area contributed by atoms with Crippen LogP contribution in [0.2, 0.25) is 0 Å². The number of benzene rings is 1. The summed E-state index contributed by atoms with van der Waals surface area (Å²) in [5.74, 6) is -0.678. The largest absolute Gasteiger partial charge is 0.379 e. The Labute approximate surface area is 388 Å². The number of ether oxygens (including phenoxy) is 8. The number of Topliss-reactive ketones (excluding diaryl/α,β-unsaturated/α-hetero) is 1. The number of amides is 5. The minimum absolute atomic E-state index is 0.0604. The number of nitrogens with one attached hydrogen (secondary N) is 4. The van der Waals surface area contributed by atoms with E-state index >= 15 is 0 Å². The number of hydrogen-bond donors (Lipinski definition) is 5. The molecule has 0 saturated heterocycles. The molecule has 0 aromatic heterocycles. The summed E-state index contributed by atoms with van der Waals surface area (Å²) >= 11 is 0. The number of hydrogen-bond acceptors (Lipinski definition) is 13. The lowest BCUT2D eigenvalue weighted by molar-refractivity contribution is -0.131. The van der Waals surface area contributed by atoms with E-state index in [1.165, 1.54) is 5.56 Å². The predicted octanol–water partition coefficient (Wildman–Crippen LogP) is 4.06. The van der Waals surface area contributed by atoms with Crippen LogP contribution in [0.5, 0.6) is 0 Å². The zero-order chi connectivity index (χ0) is 47.9. The average Bonchev–Trinajstić information content (AvgIpc) is 3.25. The van der Waals surface area contributed by atoms with E-state index in [2.05, 4.69) is 49.0 Å². The number of nitrogens with two attached hydrogens (primary N) is 1. The first-order chi connectivity index (χ1) is 31.3. The van der Waals surface area contributed by atoms with Gasteiger partial charge >= 0.3 is 6.03 Å². The zero-order valence-corrected chi connectivity index (χ0v) is 40.3. The van der Waals surface area contributed by atoms with Crippen LogP contribution in [0.25, 0.3) is 0 Å². The molecule has 1 aromatic rings. The first kappa shape index (κ1) is 59.3. The molecule has 1 rings (SSSR count). The molecule has 0 spiro atoms. The van der Waals surface area contributed by atoms with Gasteiger partial charge in [-0.2, -0.15) is 0 Å². The number of anilines is 1. The second kappa shape index (κ2) is 39.4. The van der Waals surface area contributed by atoms with Crippen LogP contribution in [0, 0.1) is 23.7 Å². The Morgan fingerprint density at radius 3 is 1.46 bits per heavy atom. The number of urea groups is 1. The molecule has 18 nitrogen and oxygen atoms in total. The second-order valence-corrected chi connectivity index (χ2v) is 16.8. The zero-order valence-electron chi connectivity index (χ0n) is 40.3. The molecule has 0 fully saturated rings. The van der Waals surface area contributed by atoms with Crippen molar-refractivity contribution in [3.63, 3.8) is 0 Å². The van der Waals surface area contributed by atoms with Crippen molar-refractivity contribution in [3.8, 4) is 0 Å². The van der Waals surface area contributed by atoms with Gasteiger partial charge in [0.15, 0.2) is 5.78 Å². The Morgan fingerprint density at radius 1 is 0.538 bits per heavy atom. The summed E-state index contributed by atoms with van der Waals surface area (Å²) in [6.45, 7) is 19.5. The van der Waals surface area contributed by atoms with E-state index in [-0.39, 0.29) is 55.4 Å². The van der Waals surface area contributed by atoms with Crippen molar-refractivity contribution in [2.24, 2.45) is 29.4 Å². The van der Waals surface area contributed by atoms with Gasteiger partial charge in [0.2, 0.25) is 17.7 Å². The highest BCUT2D eigenvalue weighted by atomic mass is 16.6. The fourth-order valence-corrected chi connectivity index (χ4v) is 6.14. The number of rotatable bonds is 43. The van der Waals surface area contributed by atoms with Crippen molar-refractivity contribution in [3.05, 3.63) is 29.8 Å². The molecule has 6 N–H and O–H groups in total. The third kappa shape index (κ3) is 35.2. The molecule has 374 valence electrons. The molecular formula is C47H83N5O13. The van der Waals surface area contributed by atoms with Crippen molar-refractivity contribution in [1.82, 2.24) is 16.0 Å². The van der Waals surface area contributed by atoms with Gasteiger partial charge in [0.1, 0.15) is 0 Å². The van der Waals surface area contributed by atoms with Crippen LogP contribution >= 0.6 is 0 Å². The van der Waals surface area contributed by atoms with Gasteiger partial charge < -0.3 is 64.9 Å². The normalized spacial score (nSPS) is 12.4. The Bertz CT molecular complexity index is 1400. The van der Waals surface area contributed by atoms with Crippen molar-refractivity contribution in [2.45, 2.75) is 92.5 Å². The fraction of sp³-hybridized carbons (Fsp3) is 0.766. The van der Waals surface area contributed by atoms with Crippen LogP contribution in [-0.4, -0.2) is 154 Å². The number of carbonyl (C=O) groups excluding carboxylic acids is 5. The molecule has 0 heterocycles. The predicted molar refractivity (Wildman–Crippen MR) is 249 cm³/mol. The Morgan fingerprint density at radius 2 is 1.02 bits per heavy atom. The summed E-state index contributed by atoms with van der Waals surface area (Å²) in [6.07, 6.45) is 3.13. The van der Waals surface area contributed by atoms with Gasteiger partial charge in [0, 0.05) is 44.0 Å². The number of carbonyl (C=O) groups is 5. The van der Waals surface area contributed by atoms with Gasteiger partial charge in [-0.3, -0.25) is 19.2 Å². The molecule has 0 unspecified atom stereocenters. The van der Waals surface area contributed by atoms with E-state index in [0.29, 0.717) is 142 Å². The molecule has 65 heavy (non-hydrogen) atoms. The first-order valence-electron chi connectivity index (χ1n) is 23.4. The summed E-state index contributed by atoms with van der Waals surface area (Å²) in [7, 11) is 0. The van der Waals surface area contributed by atoms with E-state index in [1.807, 2.05) is 38.1 Å². The topological polar surface area (TPSA) is 233 Å². The molecule has 18 heteroatoms. The van der Waals surface area contributed by atoms with Crippen molar-refractivity contribution in [2.75, 3.05) is 124 Å². The highest BCUT2D eigenvalue weighted by Gasteiger charge is 2.29. The van der Waals surface area contributed by atoms with Crippen LogP contribution in [-0.2, 0) is 63.5 Å². The fourth-order valence-electron chi connectivity index (χ4n) is 6.14. The molecule has 0 aliphatic rings. The minimum atomic E-state index is -0.780. The van der Waals surface area contributed by atoms with Crippen LogP contribution in [0.4, 0.5) is 10.5 Å². The molecule has 2 atom stereocenters. The number of primary amides is 1. The monoisotopic (exact) mass is 926 g/mol. The maximum atomic E-state index is 13.5. The van der Waals surface area contributed by atoms with E-state index < -0.39 is 18.0 Å². The Hall–Kier alpha value is -3.75. The lowest BCUT2D eigenvalue weighted by Crippen LogP contribution is -2.45. The van der Waals surface area contributed by atoms with E-state index in [9.17, 15) is 24.0 Å². The molecule has 0 aliphatic heterocycles. The molecule has 1 aromatic carbocycles. The molecule has 0 bridgehead atoms. The van der Waals surface area contributed by atoms with Crippen LogP contribution in [0.1, 0.15) is 85.6 Å². The maximum Gasteiger partial charge on any atom is 0.312 e. The third-order valence-corrected chi connectivity index (χ3v) is 9.64. The third-order valence-electron chi connectivity index (χ3n) is 9.64. The number of ketones is 1. The smallest absolute Gasteiger partial charge is 0.312 e. The summed E-state index contributed by atoms with van der Waals surface area (Å²) < 4.78 is 44.0.